The van der Waals surface area contributed by atoms with Crippen molar-refractivity contribution in [3.63, 3.8) is 0 Å². The van der Waals surface area contributed by atoms with Gasteiger partial charge >= 0.3 is 10.4 Å². The van der Waals surface area contributed by atoms with Crippen LogP contribution in [0.25, 0.3) is 0 Å². The van der Waals surface area contributed by atoms with E-state index < -0.39 is 58.2 Å². The van der Waals surface area contributed by atoms with Crippen LogP contribution in [0.15, 0.2) is 54.6 Å². The zero-order valence-electron chi connectivity index (χ0n) is 21.7. The second kappa shape index (κ2) is 13.3. The Labute approximate surface area is 225 Å². The molecule has 0 spiro atoms. The quantitative estimate of drug-likeness (QED) is 0.281. The number of non-ortho nitro benzene ring substituents is 1. The first-order valence-corrected chi connectivity index (χ1v) is 13.1. The maximum atomic E-state index is 12.0. The Balaban J connectivity index is 0.000000983. The van der Waals surface area contributed by atoms with E-state index in [0.717, 1.165) is 0 Å². The molecule has 0 saturated carbocycles. The minimum atomic E-state index is -4.99. The van der Waals surface area contributed by atoms with Crippen LogP contribution in [-0.4, -0.2) is 87.1 Å². The lowest BCUT2D eigenvalue weighted by Gasteiger charge is -2.48. The summed E-state index contributed by atoms with van der Waals surface area (Å²) in [4.78, 5) is 24.3. The summed E-state index contributed by atoms with van der Waals surface area (Å²) in [5.41, 5.74) is 0.478. The number of carbonyl (C=O) groups is 1. The van der Waals surface area contributed by atoms with Gasteiger partial charge in [-0.1, -0.05) is 30.3 Å². The molecule has 2 heterocycles. The summed E-state index contributed by atoms with van der Waals surface area (Å²) < 4.78 is 61.2. The Bertz CT molecular complexity index is 1210. The van der Waals surface area contributed by atoms with Gasteiger partial charge in [-0.2, -0.15) is 8.42 Å². The first-order valence-electron chi connectivity index (χ1n) is 11.8. The number of hydrogen-bond donors (Lipinski definition) is 2. The highest BCUT2D eigenvalue weighted by Crippen LogP contribution is 2.36. The van der Waals surface area contributed by atoms with Crippen LogP contribution in [0.1, 0.15) is 18.8 Å². The highest BCUT2D eigenvalue weighted by Gasteiger charge is 2.53. The number of rotatable bonds is 7. The fourth-order valence-corrected chi connectivity index (χ4v) is 4.39. The number of benzene rings is 2. The molecular weight excluding hydrogens is 538 g/mol. The molecule has 2 aliphatic heterocycles. The second-order valence-electron chi connectivity index (χ2n) is 9.14. The number of hydrogen-bond acceptors (Lipinski definition) is 11. The van der Waals surface area contributed by atoms with Crippen molar-refractivity contribution in [3.8, 4) is 5.75 Å². The summed E-state index contributed by atoms with van der Waals surface area (Å²) in [5.74, 6) is -0.426. The van der Waals surface area contributed by atoms with Crippen LogP contribution in [0.3, 0.4) is 0 Å². The third kappa shape index (κ3) is 8.93. The maximum Gasteiger partial charge on any atom is 0.397 e. The van der Waals surface area contributed by atoms with Crippen molar-refractivity contribution in [1.29, 1.82) is 0 Å². The number of nitrogens with zero attached hydrogens (tertiary/aromatic N) is 2. The fraction of sp³-hybridized carbons (Fsp3) is 0.458. The third-order valence-electron chi connectivity index (χ3n) is 5.31. The summed E-state index contributed by atoms with van der Waals surface area (Å²) in [5, 5.41) is 13.4. The molecule has 6 atom stereocenters. The number of ether oxygens (including phenoxy) is 4. The molecule has 15 heteroatoms. The maximum absolute atomic E-state index is 12.0. The standard InChI is InChI=1S/C21H22N2O11S.C3H9N/c1-12(24)22-17-19(34-35(27,28)29)18-16(11-30-20(33-18)13-5-3-2-4-6-13)32-21(17)31-15-9-7-14(8-10-15)23(25)26;1-4(2)3/h2-10,16-21H,11H2,1H3,(H,22,24)(H,27,28,29);1-3H3/t16-,17-,18-,19-,20-,21-;/m1./s1. The van der Waals surface area contributed by atoms with Gasteiger partial charge in [-0.25, -0.2) is 4.18 Å². The zero-order valence-corrected chi connectivity index (χ0v) is 22.5. The highest BCUT2D eigenvalue weighted by atomic mass is 32.3. The number of amides is 1. The van der Waals surface area contributed by atoms with E-state index in [0.29, 0.717) is 5.56 Å². The summed E-state index contributed by atoms with van der Waals surface area (Å²) in [6.07, 6.45) is -5.68. The van der Waals surface area contributed by atoms with Crippen LogP contribution in [0.4, 0.5) is 5.69 Å². The molecule has 2 N–H and O–H groups in total. The van der Waals surface area contributed by atoms with Crippen molar-refractivity contribution in [3.05, 3.63) is 70.3 Å². The molecule has 2 saturated heterocycles. The van der Waals surface area contributed by atoms with Gasteiger partial charge in [0.15, 0.2) is 6.29 Å². The van der Waals surface area contributed by atoms with E-state index in [1.807, 2.05) is 26.0 Å². The molecule has 1 amide bonds. The van der Waals surface area contributed by atoms with Gasteiger partial charge in [0.1, 0.15) is 30.1 Å². The zero-order chi connectivity index (χ0) is 28.7. The highest BCUT2D eigenvalue weighted by molar-refractivity contribution is 7.80. The Kier molecular flexibility index (Phi) is 10.3. The number of carbonyl (C=O) groups excluding carboxylic acids is 1. The summed E-state index contributed by atoms with van der Waals surface area (Å²) in [7, 11) is 1.01. The molecule has 39 heavy (non-hydrogen) atoms. The number of fused-ring (bicyclic) bond motifs is 1. The minimum Gasteiger partial charge on any atom is -0.463 e. The van der Waals surface area contributed by atoms with Gasteiger partial charge in [0.05, 0.1) is 11.5 Å². The monoisotopic (exact) mass is 569 g/mol. The van der Waals surface area contributed by atoms with E-state index >= 15 is 0 Å². The number of nitro groups is 1. The molecule has 2 fully saturated rings. The topological polar surface area (TPSA) is 176 Å². The van der Waals surface area contributed by atoms with Crippen molar-refractivity contribution in [2.75, 3.05) is 27.7 Å². The molecule has 2 aliphatic rings. The van der Waals surface area contributed by atoms with Crippen molar-refractivity contribution in [2.24, 2.45) is 0 Å². The first-order chi connectivity index (χ1) is 18.3. The first kappa shape index (κ1) is 30.4. The molecule has 0 aromatic heterocycles. The van der Waals surface area contributed by atoms with Crippen LogP contribution in [0, 0.1) is 10.1 Å². The fourth-order valence-electron chi connectivity index (χ4n) is 3.88. The van der Waals surface area contributed by atoms with Crippen LogP contribution in [0.2, 0.25) is 0 Å². The molecule has 14 nitrogen and oxygen atoms in total. The second-order valence-corrected chi connectivity index (χ2v) is 10.2. The van der Waals surface area contributed by atoms with Crippen LogP contribution in [-0.2, 0) is 33.6 Å². The molecule has 0 unspecified atom stereocenters. The Morgan fingerprint density at radius 2 is 1.72 bits per heavy atom. The third-order valence-corrected chi connectivity index (χ3v) is 5.78. The molecule has 2 aromatic carbocycles. The molecule has 4 rings (SSSR count). The number of nitrogens with one attached hydrogen (secondary N) is 1. The van der Waals surface area contributed by atoms with Gasteiger partial charge in [-0.15, -0.1) is 0 Å². The van der Waals surface area contributed by atoms with E-state index in [-0.39, 0.29) is 18.0 Å². The molecular formula is C24H31N3O11S. The van der Waals surface area contributed by atoms with E-state index in [4.69, 9.17) is 23.1 Å². The van der Waals surface area contributed by atoms with Crippen molar-refractivity contribution in [1.82, 2.24) is 10.2 Å². The average molecular weight is 570 g/mol. The molecule has 214 valence electrons. The van der Waals surface area contributed by atoms with Crippen LogP contribution >= 0.6 is 0 Å². The summed E-state index contributed by atoms with van der Waals surface area (Å²) in [6, 6.07) is 12.6. The van der Waals surface area contributed by atoms with Crippen LogP contribution in [0.5, 0.6) is 5.75 Å². The summed E-state index contributed by atoms with van der Waals surface area (Å²) >= 11 is 0. The molecule has 0 aliphatic carbocycles. The van der Waals surface area contributed by atoms with Crippen molar-refractivity contribution < 1.29 is 45.8 Å². The predicted molar refractivity (Wildman–Crippen MR) is 136 cm³/mol. The van der Waals surface area contributed by atoms with E-state index in [2.05, 4.69) is 5.32 Å². The van der Waals surface area contributed by atoms with Gasteiger partial charge in [0.25, 0.3) is 5.69 Å². The SMILES string of the molecule is CC(=O)N[C@H]1[C@H](Oc2ccc([N+](=O)[O-])cc2)O[C@@H]2CO[C@@H](c3ccccc3)O[C@H]2[C@@H]1OS(=O)(=O)O.CN(C)C. The van der Waals surface area contributed by atoms with Gasteiger partial charge in [0.2, 0.25) is 12.2 Å². The Hall–Kier alpha value is -3.18. The molecule has 0 radical (unpaired) electrons. The van der Waals surface area contributed by atoms with E-state index in [9.17, 15) is 27.9 Å². The predicted octanol–water partition coefficient (Wildman–Crippen LogP) is 1.68. The van der Waals surface area contributed by atoms with Gasteiger partial charge < -0.3 is 29.2 Å². The van der Waals surface area contributed by atoms with Gasteiger partial charge in [-0.05, 0) is 33.3 Å². The average Bonchev–Trinajstić information content (AvgIpc) is 2.85. The Morgan fingerprint density at radius 1 is 1.10 bits per heavy atom. The lowest BCUT2D eigenvalue weighted by Crippen LogP contribution is -2.68. The summed E-state index contributed by atoms with van der Waals surface area (Å²) in [6.45, 7) is 1.14. The Morgan fingerprint density at radius 3 is 2.26 bits per heavy atom. The van der Waals surface area contributed by atoms with Gasteiger partial charge in [0, 0.05) is 24.6 Å². The number of nitro benzene ring substituents is 1. The minimum absolute atomic E-state index is 0.0531. The van der Waals surface area contributed by atoms with Crippen molar-refractivity contribution >= 4 is 22.0 Å². The molecule has 0 bridgehead atoms. The van der Waals surface area contributed by atoms with E-state index in [1.54, 1.807) is 30.3 Å². The smallest absolute Gasteiger partial charge is 0.397 e. The van der Waals surface area contributed by atoms with E-state index in [1.165, 1.54) is 31.2 Å². The normalized spacial score (nSPS) is 26.5. The van der Waals surface area contributed by atoms with Gasteiger partial charge in [-0.3, -0.25) is 19.5 Å². The lowest BCUT2D eigenvalue weighted by atomic mass is 9.95. The lowest BCUT2D eigenvalue weighted by molar-refractivity contribution is -0.384. The molecule has 2 aromatic rings. The van der Waals surface area contributed by atoms with Crippen LogP contribution < -0.4 is 10.1 Å². The van der Waals surface area contributed by atoms with Crippen molar-refractivity contribution in [2.45, 2.75) is 43.9 Å². The largest absolute Gasteiger partial charge is 0.463 e.